The Balaban J connectivity index is 1.72. The SMILES string of the molecule is Cc1cc(C)cc(-n2c3ccc2cc2nc(cc4ccc(cc5nc(c3)C=C5)[nH]4)C=C2)c1. The monoisotopic (exact) mass is 414 g/mol. The molecule has 1 aromatic carbocycles. The lowest BCUT2D eigenvalue weighted by Gasteiger charge is -2.09. The molecule has 32 heavy (non-hydrogen) atoms. The van der Waals surface area contributed by atoms with Gasteiger partial charge in [-0.1, -0.05) is 6.07 Å². The maximum atomic E-state index is 4.81. The summed E-state index contributed by atoms with van der Waals surface area (Å²) >= 11 is 0. The van der Waals surface area contributed by atoms with Crippen LogP contribution in [0.25, 0.3) is 52.1 Å². The van der Waals surface area contributed by atoms with Crippen LogP contribution >= 0.6 is 0 Å². The van der Waals surface area contributed by atoms with E-state index in [0.717, 1.165) is 50.5 Å². The van der Waals surface area contributed by atoms with E-state index in [1.165, 1.54) is 11.1 Å². The molecule has 6 rings (SSSR count). The summed E-state index contributed by atoms with van der Waals surface area (Å²) in [7, 11) is 0. The molecule has 1 N–H and O–H groups in total. The zero-order valence-electron chi connectivity index (χ0n) is 18.0. The molecule has 5 heterocycles. The topological polar surface area (TPSA) is 46.5 Å². The first kappa shape index (κ1) is 18.6. The van der Waals surface area contributed by atoms with Crippen molar-refractivity contribution in [2.45, 2.75) is 13.8 Å². The first-order chi connectivity index (χ1) is 15.6. The van der Waals surface area contributed by atoms with Gasteiger partial charge in [0.1, 0.15) is 0 Å². The van der Waals surface area contributed by atoms with E-state index in [2.05, 4.69) is 114 Å². The van der Waals surface area contributed by atoms with Crippen LogP contribution in [-0.4, -0.2) is 19.5 Å². The molecule has 0 spiro atoms. The van der Waals surface area contributed by atoms with Crippen molar-refractivity contribution in [3.63, 3.8) is 0 Å². The molecule has 0 saturated carbocycles. The number of H-pyrrole nitrogens is 1. The minimum atomic E-state index is 0.932. The Morgan fingerprint density at radius 2 is 1.03 bits per heavy atom. The molecule has 0 fully saturated rings. The van der Waals surface area contributed by atoms with Gasteiger partial charge in [-0.2, -0.15) is 0 Å². The summed E-state index contributed by atoms with van der Waals surface area (Å²) in [4.78, 5) is 13.0. The predicted octanol–water partition coefficient (Wildman–Crippen LogP) is 6.74. The number of hydrogen-bond acceptors (Lipinski definition) is 2. The largest absolute Gasteiger partial charge is 0.355 e. The molecular weight excluding hydrogens is 392 g/mol. The second kappa shape index (κ2) is 7.20. The lowest BCUT2D eigenvalue weighted by Crippen LogP contribution is -1.95. The smallest absolute Gasteiger partial charge is 0.0658 e. The van der Waals surface area contributed by atoms with Crippen molar-refractivity contribution in [3.05, 3.63) is 101 Å². The number of rotatable bonds is 1. The number of hydrogen-bond donors (Lipinski definition) is 1. The van der Waals surface area contributed by atoms with Crippen LogP contribution in [0.3, 0.4) is 0 Å². The fraction of sp³-hybridized carbons (Fsp3) is 0.0714. The van der Waals surface area contributed by atoms with E-state index in [0.29, 0.717) is 0 Å². The summed E-state index contributed by atoms with van der Waals surface area (Å²) < 4.78 is 2.28. The fourth-order valence-corrected chi connectivity index (χ4v) is 4.40. The third kappa shape index (κ3) is 3.46. The molecule has 0 aliphatic carbocycles. The van der Waals surface area contributed by atoms with Crippen LogP contribution in [0.15, 0.2) is 66.7 Å². The molecule has 154 valence electrons. The third-order valence-electron chi connectivity index (χ3n) is 5.70. The Bertz CT molecular complexity index is 1480. The molecule has 0 amide bonds. The number of fused-ring (bicyclic) bond motifs is 8. The van der Waals surface area contributed by atoms with Gasteiger partial charge in [0.05, 0.1) is 22.8 Å². The van der Waals surface area contributed by atoms with Crippen LogP contribution in [0.5, 0.6) is 0 Å². The van der Waals surface area contributed by atoms with Crippen molar-refractivity contribution in [1.29, 1.82) is 0 Å². The van der Waals surface area contributed by atoms with Gasteiger partial charge in [-0.05, 0) is 110 Å². The highest BCUT2D eigenvalue weighted by molar-refractivity contribution is 5.78. The number of aromatic amines is 1. The first-order valence-corrected chi connectivity index (χ1v) is 10.7. The average Bonchev–Trinajstić information content (AvgIpc) is 3.52. The summed E-state index contributed by atoms with van der Waals surface area (Å²) in [5.74, 6) is 0. The Labute approximate surface area is 186 Å². The van der Waals surface area contributed by atoms with Crippen LogP contribution in [0.2, 0.25) is 0 Å². The van der Waals surface area contributed by atoms with Gasteiger partial charge < -0.3 is 9.55 Å². The standard InChI is InChI=1S/C28H22N4/c1-18-11-19(2)13-28(12-18)32-26-9-10-27(32)17-25-8-6-23(31-25)15-21-4-3-20(29-21)14-22-5-7-24(16-26)30-22/h3-17,29H,1-2H3. The van der Waals surface area contributed by atoms with Gasteiger partial charge in [0.25, 0.3) is 0 Å². The highest BCUT2D eigenvalue weighted by atomic mass is 15.0. The number of aryl methyl sites for hydroxylation is 2. The minimum Gasteiger partial charge on any atom is -0.355 e. The van der Waals surface area contributed by atoms with Gasteiger partial charge in [-0.15, -0.1) is 0 Å². The quantitative estimate of drug-likeness (QED) is 0.324. The van der Waals surface area contributed by atoms with Gasteiger partial charge in [0, 0.05) is 27.8 Å². The fourth-order valence-electron chi connectivity index (χ4n) is 4.40. The number of nitrogens with zero attached hydrogens (tertiary/aromatic N) is 3. The van der Waals surface area contributed by atoms with E-state index in [1.54, 1.807) is 0 Å². The zero-order valence-corrected chi connectivity index (χ0v) is 18.0. The van der Waals surface area contributed by atoms with Gasteiger partial charge in [0.2, 0.25) is 0 Å². The average molecular weight is 415 g/mol. The molecule has 0 unspecified atom stereocenters. The van der Waals surface area contributed by atoms with E-state index in [9.17, 15) is 0 Å². The maximum absolute atomic E-state index is 4.81. The van der Waals surface area contributed by atoms with Crippen LogP contribution in [0, 0.1) is 13.8 Å². The van der Waals surface area contributed by atoms with Crippen molar-refractivity contribution >= 4 is 46.4 Å². The highest BCUT2D eigenvalue weighted by Gasteiger charge is 2.07. The van der Waals surface area contributed by atoms with E-state index >= 15 is 0 Å². The lowest BCUT2D eigenvalue weighted by molar-refractivity contribution is 1.15. The molecule has 4 heteroatoms. The molecule has 4 aromatic rings. The van der Waals surface area contributed by atoms with Crippen LogP contribution in [0.4, 0.5) is 0 Å². The van der Waals surface area contributed by atoms with Gasteiger partial charge >= 0.3 is 0 Å². The summed E-state index contributed by atoms with van der Waals surface area (Å²) in [5.41, 5.74) is 11.6. The summed E-state index contributed by atoms with van der Waals surface area (Å²) in [6.07, 6.45) is 8.23. The number of aromatic nitrogens is 4. The lowest BCUT2D eigenvalue weighted by atomic mass is 10.1. The summed E-state index contributed by atoms with van der Waals surface area (Å²) in [6, 6.07) is 23.5. The van der Waals surface area contributed by atoms with Gasteiger partial charge in [0.15, 0.2) is 0 Å². The second-order valence-electron chi connectivity index (χ2n) is 8.40. The van der Waals surface area contributed by atoms with Gasteiger partial charge in [-0.25, -0.2) is 9.97 Å². The molecule has 0 atom stereocenters. The van der Waals surface area contributed by atoms with E-state index in [4.69, 9.17) is 9.97 Å². The maximum Gasteiger partial charge on any atom is 0.0658 e. The van der Waals surface area contributed by atoms with Crippen LogP contribution in [0.1, 0.15) is 33.9 Å². The Hall–Kier alpha value is -4.18. The molecule has 3 aromatic heterocycles. The highest BCUT2D eigenvalue weighted by Crippen LogP contribution is 2.24. The molecule has 4 nitrogen and oxygen atoms in total. The number of benzene rings is 1. The van der Waals surface area contributed by atoms with E-state index < -0.39 is 0 Å². The van der Waals surface area contributed by atoms with Gasteiger partial charge in [-0.3, -0.25) is 0 Å². The Morgan fingerprint density at radius 1 is 0.562 bits per heavy atom. The first-order valence-electron chi connectivity index (χ1n) is 10.7. The summed E-state index contributed by atoms with van der Waals surface area (Å²) in [5, 5.41) is 0. The van der Waals surface area contributed by atoms with Crippen molar-refractivity contribution in [3.8, 4) is 5.69 Å². The van der Waals surface area contributed by atoms with Crippen molar-refractivity contribution in [2.24, 2.45) is 0 Å². The third-order valence-corrected chi connectivity index (χ3v) is 5.70. The van der Waals surface area contributed by atoms with Crippen molar-refractivity contribution in [1.82, 2.24) is 19.5 Å². The van der Waals surface area contributed by atoms with Crippen LogP contribution < -0.4 is 0 Å². The minimum absolute atomic E-state index is 0.932. The van der Waals surface area contributed by atoms with Crippen molar-refractivity contribution in [2.75, 3.05) is 0 Å². The van der Waals surface area contributed by atoms with Crippen molar-refractivity contribution < 1.29 is 0 Å². The zero-order chi connectivity index (χ0) is 21.7. The normalized spacial score (nSPS) is 12.4. The Morgan fingerprint density at radius 3 is 1.53 bits per heavy atom. The van der Waals surface area contributed by atoms with E-state index in [1.807, 2.05) is 0 Å². The molecule has 0 radical (unpaired) electrons. The second-order valence-corrected chi connectivity index (χ2v) is 8.40. The number of nitrogens with one attached hydrogen (secondary N) is 1. The van der Waals surface area contributed by atoms with Crippen LogP contribution in [-0.2, 0) is 0 Å². The predicted molar refractivity (Wildman–Crippen MR) is 133 cm³/mol. The molecule has 2 aliphatic rings. The molecule has 2 aliphatic heterocycles. The van der Waals surface area contributed by atoms with E-state index in [-0.39, 0.29) is 0 Å². The Kier molecular flexibility index (Phi) is 4.18. The molecular formula is C28H22N4. The molecule has 8 bridgehead atoms. The molecule has 0 saturated heterocycles. The summed E-state index contributed by atoms with van der Waals surface area (Å²) in [6.45, 7) is 4.28.